The number of aliphatic carboxylic acids is 1. The van der Waals surface area contributed by atoms with Crippen LogP contribution in [0.5, 0.6) is 11.5 Å². The van der Waals surface area contributed by atoms with Crippen LogP contribution in [0.1, 0.15) is 30.0 Å². The summed E-state index contributed by atoms with van der Waals surface area (Å²) in [5.74, 6) is 0.441. The average molecular weight is 434 g/mol. The molecule has 2 aromatic rings. The molecule has 0 amide bonds. The lowest BCUT2D eigenvalue weighted by molar-refractivity contribution is -0.143. The smallest absolute Gasteiger partial charge is 0.306 e. The Bertz CT molecular complexity index is 785. The quantitative estimate of drug-likeness (QED) is 0.733. The second-order valence-electron chi connectivity index (χ2n) is 6.72. The lowest BCUT2D eigenvalue weighted by atomic mass is 9.91. The molecule has 1 heterocycles. The first kappa shape index (κ1) is 19.7. The molecule has 0 aliphatic carbocycles. The number of methoxy groups -OCH3 is 2. The second kappa shape index (κ2) is 8.76. The summed E-state index contributed by atoms with van der Waals surface area (Å²) in [6.07, 6.45) is 1.32. The predicted molar refractivity (Wildman–Crippen MR) is 107 cm³/mol. The Kier molecular flexibility index (Phi) is 6.39. The summed E-state index contributed by atoms with van der Waals surface area (Å²) in [6, 6.07) is 14.3. The third-order valence-corrected chi connectivity index (χ3v) is 5.68. The van der Waals surface area contributed by atoms with E-state index in [9.17, 15) is 9.90 Å². The van der Waals surface area contributed by atoms with Gasteiger partial charge in [-0.25, -0.2) is 0 Å². The first-order chi connectivity index (χ1) is 13.0. The molecule has 1 aliphatic rings. The van der Waals surface area contributed by atoms with Crippen molar-refractivity contribution in [3.63, 3.8) is 0 Å². The molecule has 0 saturated carbocycles. The van der Waals surface area contributed by atoms with Gasteiger partial charge in [-0.3, -0.25) is 9.69 Å². The van der Waals surface area contributed by atoms with E-state index in [2.05, 4.69) is 39.0 Å². The minimum atomic E-state index is -0.694. The molecule has 5 nitrogen and oxygen atoms in total. The lowest BCUT2D eigenvalue weighted by Crippen LogP contribution is -2.39. The fourth-order valence-electron chi connectivity index (χ4n) is 3.69. The predicted octanol–water partition coefficient (Wildman–Crippen LogP) is 4.35. The number of nitrogens with zero attached hydrogens (tertiary/aromatic N) is 1. The van der Waals surface area contributed by atoms with Gasteiger partial charge in [0.15, 0.2) is 11.5 Å². The van der Waals surface area contributed by atoms with Gasteiger partial charge in [0.1, 0.15) is 0 Å². The van der Waals surface area contributed by atoms with E-state index >= 15 is 0 Å². The van der Waals surface area contributed by atoms with Crippen molar-refractivity contribution in [2.24, 2.45) is 5.92 Å². The van der Waals surface area contributed by atoms with Gasteiger partial charge in [0.2, 0.25) is 0 Å². The maximum Gasteiger partial charge on any atom is 0.306 e. The van der Waals surface area contributed by atoms with Crippen molar-refractivity contribution >= 4 is 21.9 Å². The van der Waals surface area contributed by atoms with Crippen molar-refractivity contribution in [1.82, 2.24) is 4.90 Å². The number of carbonyl (C=O) groups is 1. The zero-order valence-electron chi connectivity index (χ0n) is 15.5. The monoisotopic (exact) mass is 433 g/mol. The van der Waals surface area contributed by atoms with Gasteiger partial charge in [-0.05, 0) is 61.3 Å². The number of piperidine rings is 1. The van der Waals surface area contributed by atoms with Crippen LogP contribution in [-0.4, -0.2) is 43.3 Å². The van der Waals surface area contributed by atoms with Crippen LogP contribution in [0.3, 0.4) is 0 Å². The minimum absolute atomic E-state index is 0.0349. The summed E-state index contributed by atoms with van der Waals surface area (Å²) in [4.78, 5) is 13.7. The molecule has 0 spiro atoms. The molecule has 27 heavy (non-hydrogen) atoms. The summed E-state index contributed by atoms with van der Waals surface area (Å²) in [5.41, 5.74) is 2.27. The summed E-state index contributed by atoms with van der Waals surface area (Å²) in [5, 5.41) is 9.30. The van der Waals surface area contributed by atoms with Gasteiger partial charge in [-0.15, -0.1) is 0 Å². The van der Waals surface area contributed by atoms with Gasteiger partial charge in [-0.2, -0.15) is 0 Å². The molecule has 1 unspecified atom stereocenters. The van der Waals surface area contributed by atoms with Crippen LogP contribution >= 0.6 is 15.9 Å². The van der Waals surface area contributed by atoms with Crippen LogP contribution < -0.4 is 9.47 Å². The second-order valence-corrected chi connectivity index (χ2v) is 7.63. The van der Waals surface area contributed by atoms with E-state index in [1.807, 2.05) is 24.3 Å². The Morgan fingerprint density at radius 2 is 1.63 bits per heavy atom. The lowest BCUT2D eigenvalue weighted by Gasteiger charge is -2.37. The summed E-state index contributed by atoms with van der Waals surface area (Å²) in [6.45, 7) is 1.48. The Morgan fingerprint density at radius 3 is 2.19 bits per heavy atom. The van der Waals surface area contributed by atoms with Crippen LogP contribution in [-0.2, 0) is 4.79 Å². The molecule has 1 aliphatic heterocycles. The van der Waals surface area contributed by atoms with Gasteiger partial charge in [-0.1, -0.05) is 34.1 Å². The zero-order valence-corrected chi connectivity index (χ0v) is 17.1. The third kappa shape index (κ3) is 4.45. The molecular formula is C21H24BrNO4. The minimum Gasteiger partial charge on any atom is -0.493 e. The molecule has 144 valence electrons. The topological polar surface area (TPSA) is 59.0 Å². The number of carboxylic acids is 1. The standard InChI is InChI=1S/C21H24BrNO4/c1-26-18-8-5-16(13-19(18)27-2)20(14-3-6-17(22)7-4-14)23-11-9-15(10-12-23)21(24)25/h3-8,13,15,20H,9-12H2,1-2H3,(H,24,25). The highest BCUT2D eigenvalue weighted by molar-refractivity contribution is 9.10. The molecule has 1 saturated heterocycles. The van der Waals surface area contributed by atoms with Gasteiger partial charge >= 0.3 is 5.97 Å². The molecule has 0 aromatic heterocycles. The van der Waals surface area contributed by atoms with Crippen molar-refractivity contribution in [2.45, 2.75) is 18.9 Å². The number of hydrogen-bond acceptors (Lipinski definition) is 4. The van der Waals surface area contributed by atoms with Gasteiger partial charge in [0.05, 0.1) is 26.2 Å². The Labute approximate surface area is 168 Å². The van der Waals surface area contributed by atoms with Gasteiger partial charge in [0, 0.05) is 4.47 Å². The van der Waals surface area contributed by atoms with Crippen molar-refractivity contribution in [3.05, 3.63) is 58.1 Å². The van der Waals surface area contributed by atoms with E-state index in [1.165, 1.54) is 5.56 Å². The largest absolute Gasteiger partial charge is 0.493 e. The van der Waals surface area contributed by atoms with Crippen LogP contribution in [0.4, 0.5) is 0 Å². The summed E-state index contributed by atoms with van der Waals surface area (Å²) >= 11 is 3.50. The molecule has 1 N–H and O–H groups in total. The maximum atomic E-state index is 11.3. The summed E-state index contributed by atoms with van der Waals surface area (Å²) < 4.78 is 11.9. The van der Waals surface area contributed by atoms with Gasteiger partial charge < -0.3 is 14.6 Å². The number of hydrogen-bond donors (Lipinski definition) is 1. The number of benzene rings is 2. The van der Waals surface area contributed by atoms with Crippen molar-refractivity contribution in [1.29, 1.82) is 0 Å². The SMILES string of the molecule is COc1ccc(C(c2ccc(Br)cc2)N2CCC(C(=O)O)CC2)cc1OC. The van der Waals surface area contributed by atoms with Crippen LogP contribution in [0, 0.1) is 5.92 Å². The molecule has 6 heteroatoms. The highest BCUT2D eigenvalue weighted by atomic mass is 79.9. The molecule has 0 bridgehead atoms. The first-order valence-corrected chi connectivity index (χ1v) is 9.77. The van der Waals surface area contributed by atoms with E-state index in [1.54, 1.807) is 14.2 Å². The molecular weight excluding hydrogens is 410 g/mol. The van der Waals surface area contributed by atoms with Crippen molar-refractivity contribution in [2.75, 3.05) is 27.3 Å². The average Bonchev–Trinajstić information content (AvgIpc) is 2.70. The number of halogens is 1. The maximum absolute atomic E-state index is 11.3. The number of carboxylic acid groups (broad SMARTS) is 1. The zero-order chi connectivity index (χ0) is 19.4. The Balaban J connectivity index is 1.96. The third-order valence-electron chi connectivity index (χ3n) is 5.15. The number of ether oxygens (including phenoxy) is 2. The summed E-state index contributed by atoms with van der Waals surface area (Å²) in [7, 11) is 3.26. The first-order valence-electron chi connectivity index (χ1n) is 8.97. The van der Waals surface area contributed by atoms with E-state index in [0.29, 0.717) is 24.3 Å². The number of likely N-dealkylation sites (tertiary alicyclic amines) is 1. The van der Waals surface area contributed by atoms with Crippen molar-refractivity contribution < 1.29 is 19.4 Å². The van der Waals surface area contributed by atoms with Crippen LogP contribution in [0.2, 0.25) is 0 Å². The highest BCUT2D eigenvalue weighted by Gasteiger charge is 2.30. The molecule has 1 atom stereocenters. The Hall–Kier alpha value is -2.05. The fraction of sp³-hybridized carbons (Fsp3) is 0.381. The highest BCUT2D eigenvalue weighted by Crippen LogP contribution is 2.37. The van der Waals surface area contributed by atoms with E-state index < -0.39 is 5.97 Å². The van der Waals surface area contributed by atoms with Crippen LogP contribution in [0.25, 0.3) is 0 Å². The van der Waals surface area contributed by atoms with Crippen LogP contribution in [0.15, 0.2) is 46.9 Å². The van der Waals surface area contributed by atoms with E-state index in [-0.39, 0.29) is 12.0 Å². The molecule has 2 aromatic carbocycles. The number of rotatable bonds is 6. The fourth-order valence-corrected chi connectivity index (χ4v) is 3.95. The van der Waals surface area contributed by atoms with E-state index in [0.717, 1.165) is 23.1 Å². The molecule has 0 radical (unpaired) electrons. The van der Waals surface area contributed by atoms with E-state index in [4.69, 9.17) is 9.47 Å². The van der Waals surface area contributed by atoms with Crippen molar-refractivity contribution in [3.8, 4) is 11.5 Å². The molecule has 3 rings (SSSR count). The van der Waals surface area contributed by atoms with Gasteiger partial charge in [0.25, 0.3) is 0 Å². The normalized spacial score (nSPS) is 16.7. The molecule has 1 fully saturated rings. The Morgan fingerprint density at radius 1 is 1.04 bits per heavy atom.